The first-order valence-electron chi connectivity index (χ1n) is 9.06. The smallest absolute Gasteiger partial charge is 0.0485 e. The molecule has 2 aromatic rings. The fourth-order valence-electron chi connectivity index (χ4n) is 2.01. The Balaban J connectivity index is 0.000000356. The third kappa shape index (κ3) is 13.6. The molecule has 2 aromatic carbocycles. The Morgan fingerprint density at radius 1 is 0.643 bits per heavy atom. The number of rotatable bonds is 0. The minimum Gasteiger partial charge on any atom is -0.184 e. The van der Waals surface area contributed by atoms with Crippen LogP contribution in [-0.4, -0.2) is 20.0 Å². The van der Waals surface area contributed by atoms with Crippen molar-refractivity contribution in [1.82, 2.24) is 0 Å². The summed E-state index contributed by atoms with van der Waals surface area (Å²) in [7, 11) is 0.380. The van der Waals surface area contributed by atoms with Crippen LogP contribution < -0.4 is 0 Å². The van der Waals surface area contributed by atoms with Gasteiger partial charge in [0.15, 0.2) is 0 Å². The van der Waals surface area contributed by atoms with Crippen LogP contribution in [0.25, 0.3) is 0 Å². The van der Waals surface area contributed by atoms with Crippen LogP contribution >= 0.6 is 7.92 Å². The normalized spacial score (nSPS) is 12.9. The van der Waals surface area contributed by atoms with E-state index >= 15 is 0 Å². The van der Waals surface area contributed by atoms with E-state index in [1.165, 1.54) is 22.6 Å². The molecule has 0 bridgehead atoms. The van der Waals surface area contributed by atoms with Gasteiger partial charge >= 0.3 is 0 Å². The van der Waals surface area contributed by atoms with Gasteiger partial charge in [-0.3, -0.25) is 0 Å². The molecule has 28 heavy (non-hydrogen) atoms. The van der Waals surface area contributed by atoms with Crippen molar-refractivity contribution < 1.29 is 20.1 Å². The fourth-order valence-corrected chi connectivity index (χ4v) is 2.01. The van der Waals surface area contributed by atoms with E-state index in [0.717, 1.165) is 0 Å². The van der Waals surface area contributed by atoms with Crippen LogP contribution in [0.5, 0.6) is 0 Å². The van der Waals surface area contributed by atoms with E-state index in [1.54, 1.807) is 0 Å². The van der Waals surface area contributed by atoms with Crippen molar-refractivity contribution in [2.45, 2.75) is 13.8 Å². The molecule has 0 fully saturated rings. The van der Waals surface area contributed by atoms with E-state index < -0.39 is 0 Å². The molecule has 0 nitrogen and oxygen atoms in total. The summed E-state index contributed by atoms with van der Waals surface area (Å²) in [6, 6.07) is 21.6. The molecule has 0 aliphatic heterocycles. The quantitative estimate of drug-likeness (QED) is 0.236. The first-order chi connectivity index (χ1) is 13.0. The summed E-state index contributed by atoms with van der Waals surface area (Å²) in [5.74, 6) is 1.33. The number of aryl methyl sites for hydroxylation is 2. The Hall–Kier alpha value is -1.52. The number of hydrogen-bond acceptors (Lipinski definition) is 0. The number of hydrogen-bond donors (Lipinski definition) is 0. The zero-order valence-electron chi connectivity index (χ0n) is 17.4. The van der Waals surface area contributed by atoms with Crippen molar-refractivity contribution in [2.24, 2.45) is 0 Å². The largest absolute Gasteiger partial charge is 0.184 e. The number of benzene rings is 2. The molecule has 0 saturated heterocycles. The molecule has 0 atom stereocenters. The van der Waals surface area contributed by atoms with Gasteiger partial charge in [-0.05, 0) is 25.6 Å². The van der Waals surface area contributed by atoms with Gasteiger partial charge in [0.05, 0.1) is 0 Å². The van der Waals surface area contributed by atoms with E-state index in [1.807, 2.05) is 48.5 Å². The van der Waals surface area contributed by atoms with Crippen LogP contribution in [0.2, 0.25) is 0 Å². The third-order valence-corrected chi connectivity index (χ3v) is 3.32. The molecule has 4 rings (SSSR count). The predicted molar refractivity (Wildman–Crippen MR) is 123 cm³/mol. The zero-order chi connectivity index (χ0) is 19.9. The third-order valence-electron chi connectivity index (χ3n) is 3.32. The van der Waals surface area contributed by atoms with Crippen molar-refractivity contribution in [3.63, 3.8) is 0 Å². The molecular weight excluding hydrogens is 535 g/mol. The maximum atomic E-state index is 2.93. The SMILES string of the molecule is C1=C[C]2C=CC=C2C=C1.CP(C)C.Cc1cc[c-]cc1.Cc1cc[c-]cc1.[Ir]. The standard InChI is InChI=1S/C9H7.2C7H7.C3H9P.Ir/c1-2-5-9-7-3-6-8(9)4-1;2*1-7-5-3-2-4-6-7;1-4(2)3;/h1-7H;2*3-6H,1H3;1-3H3;/q;2*-1;;. The van der Waals surface area contributed by atoms with E-state index in [4.69, 9.17) is 0 Å². The molecule has 0 aromatic heterocycles. The Bertz CT molecular complexity index is 700. The summed E-state index contributed by atoms with van der Waals surface area (Å²) in [6.07, 6.45) is 14.7. The second kappa shape index (κ2) is 16.4. The van der Waals surface area contributed by atoms with Gasteiger partial charge in [-0.25, -0.2) is 0 Å². The molecule has 2 radical (unpaired) electrons. The molecule has 0 spiro atoms. The first kappa shape index (κ1) is 26.5. The van der Waals surface area contributed by atoms with E-state index in [9.17, 15) is 0 Å². The Labute approximate surface area is 187 Å². The Morgan fingerprint density at radius 3 is 1.39 bits per heavy atom. The molecule has 150 valence electrons. The van der Waals surface area contributed by atoms with Gasteiger partial charge in [-0.1, -0.05) is 56.4 Å². The predicted octanol–water partition coefficient (Wildman–Crippen LogP) is 7.13. The van der Waals surface area contributed by atoms with Gasteiger partial charge in [-0.2, -0.15) is 71.8 Å². The molecule has 0 heterocycles. The van der Waals surface area contributed by atoms with Gasteiger partial charge in [-0.15, -0.1) is 7.92 Å². The van der Waals surface area contributed by atoms with Crippen molar-refractivity contribution in [1.29, 1.82) is 0 Å². The topological polar surface area (TPSA) is 0 Å². The molecule has 2 aliphatic rings. The van der Waals surface area contributed by atoms with Crippen LogP contribution in [-0.2, 0) is 20.1 Å². The van der Waals surface area contributed by atoms with Gasteiger partial charge in [0, 0.05) is 26.0 Å². The molecular formula is C26H30IrP-2. The summed E-state index contributed by atoms with van der Waals surface area (Å²) in [6.45, 7) is 10.8. The number of allylic oxidation sites excluding steroid dienone is 8. The van der Waals surface area contributed by atoms with E-state index in [2.05, 4.69) is 88.5 Å². The summed E-state index contributed by atoms with van der Waals surface area (Å²) in [4.78, 5) is 0. The second-order valence-electron chi connectivity index (χ2n) is 6.65. The van der Waals surface area contributed by atoms with E-state index in [0.29, 0.717) is 7.92 Å². The fraction of sp³-hybridized carbons (Fsp3) is 0.192. The average Bonchev–Trinajstić information content (AvgIpc) is 3.12. The van der Waals surface area contributed by atoms with Crippen LogP contribution in [0.4, 0.5) is 0 Å². The summed E-state index contributed by atoms with van der Waals surface area (Å²) < 4.78 is 0. The van der Waals surface area contributed by atoms with Crippen LogP contribution in [0.1, 0.15) is 11.1 Å². The summed E-state index contributed by atoms with van der Waals surface area (Å²) in [5, 5.41) is 0. The van der Waals surface area contributed by atoms with Crippen LogP contribution in [0, 0.1) is 31.9 Å². The van der Waals surface area contributed by atoms with Gasteiger partial charge in [0.25, 0.3) is 0 Å². The van der Waals surface area contributed by atoms with Gasteiger partial charge in [0.1, 0.15) is 0 Å². The minimum absolute atomic E-state index is 0. The summed E-state index contributed by atoms with van der Waals surface area (Å²) in [5.41, 5.74) is 3.91. The minimum atomic E-state index is 0. The molecule has 0 unspecified atom stereocenters. The zero-order valence-corrected chi connectivity index (χ0v) is 20.7. The Kier molecular flexibility index (Phi) is 15.5. The number of fused-ring (bicyclic) bond motifs is 1. The molecule has 2 aliphatic carbocycles. The van der Waals surface area contributed by atoms with Crippen molar-refractivity contribution >= 4 is 7.92 Å². The van der Waals surface area contributed by atoms with Crippen LogP contribution in [0.3, 0.4) is 0 Å². The maximum Gasteiger partial charge on any atom is 0.0485 e. The van der Waals surface area contributed by atoms with Gasteiger partial charge < -0.3 is 0 Å². The summed E-state index contributed by atoms with van der Waals surface area (Å²) >= 11 is 0. The second-order valence-corrected chi connectivity index (χ2v) is 9.33. The monoisotopic (exact) mass is 566 g/mol. The van der Waals surface area contributed by atoms with Gasteiger partial charge in [0.2, 0.25) is 0 Å². The molecule has 2 heteroatoms. The first-order valence-corrected chi connectivity index (χ1v) is 11.7. The van der Waals surface area contributed by atoms with E-state index in [-0.39, 0.29) is 20.1 Å². The maximum absolute atomic E-state index is 2.93. The van der Waals surface area contributed by atoms with Crippen LogP contribution in [0.15, 0.2) is 96.6 Å². The van der Waals surface area contributed by atoms with Crippen molar-refractivity contribution in [3.05, 3.63) is 126 Å². The average molecular weight is 566 g/mol. The van der Waals surface area contributed by atoms with Crippen molar-refractivity contribution in [3.8, 4) is 0 Å². The van der Waals surface area contributed by atoms with Crippen molar-refractivity contribution in [2.75, 3.05) is 20.0 Å². The Morgan fingerprint density at radius 2 is 1.04 bits per heavy atom. The molecule has 0 amide bonds. The molecule has 0 N–H and O–H groups in total. The molecule has 0 saturated carbocycles.